The van der Waals surface area contributed by atoms with Gasteiger partial charge in [-0.25, -0.2) is 0 Å². The molecule has 1 aliphatic rings. The molecule has 0 radical (unpaired) electrons. The molecule has 2 heteroatoms. The minimum Gasteiger partial charge on any atom is -0.500 e. The van der Waals surface area contributed by atoms with Crippen molar-refractivity contribution < 1.29 is 4.74 Å². The van der Waals surface area contributed by atoms with E-state index >= 15 is 0 Å². The van der Waals surface area contributed by atoms with Crippen molar-refractivity contribution in [3.63, 3.8) is 0 Å². The maximum absolute atomic E-state index is 5.42. The van der Waals surface area contributed by atoms with Crippen LogP contribution in [0.1, 0.15) is 39.0 Å². The van der Waals surface area contributed by atoms with Crippen molar-refractivity contribution in [3.8, 4) is 0 Å². The molecule has 13 heavy (non-hydrogen) atoms. The molecule has 0 amide bonds. The molecule has 1 unspecified atom stereocenters. The molecule has 1 atom stereocenters. The van der Waals surface area contributed by atoms with Gasteiger partial charge in [-0.15, -0.1) is 0 Å². The molecule has 1 nitrogen and oxygen atoms in total. The van der Waals surface area contributed by atoms with Gasteiger partial charge >= 0.3 is 0 Å². The molecule has 0 spiro atoms. The second kappa shape index (κ2) is 7.31. The summed E-state index contributed by atoms with van der Waals surface area (Å²) in [6.45, 7) is 2.89. The van der Waals surface area contributed by atoms with Crippen LogP contribution < -0.4 is 0 Å². The van der Waals surface area contributed by atoms with Crippen LogP contribution in [0.5, 0.6) is 0 Å². The smallest absolute Gasteiger partial charge is 0.0991 e. The van der Waals surface area contributed by atoms with E-state index in [-0.39, 0.29) is 0 Å². The molecule has 1 aliphatic heterocycles. The highest BCUT2D eigenvalue weighted by Gasteiger charge is 2.11. The lowest BCUT2D eigenvalue weighted by Crippen LogP contribution is -2.12. The van der Waals surface area contributed by atoms with E-state index in [1.165, 1.54) is 37.9 Å². The Morgan fingerprint density at radius 3 is 3.00 bits per heavy atom. The molecule has 0 N–H and O–H groups in total. The first-order chi connectivity index (χ1) is 6.43. The van der Waals surface area contributed by atoms with Crippen LogP contribution in [-0.4, -0.2) is 17.6 Å². The zero-order valence-electron chi connectivity index (χ0n) is 8.50. The molecule has 76 valence electrons. The van der Waals surface area contributed by atoms with E-state index < -0.39 is 0 Å². The minimum atomic E-state index is 0.733. The first-order valence-corrected chi connectivity index (χ1v) is 6.32. The van der Waals surface area contributed by atoms with Gasteiger partial charge < -0.3 is 4.74 Å². The molecule has 0 aromatic rings. The minimum absolute atomic E-state index is 0.733. The van der Waals surface area contributed by atoms with Crippen LogP contribution in [0.25, 0.3) is 0 Å². The molecule has 1 heterocycles. The third-order valence-electron chi connectivity index (χ3n) is 2.29. The van der Waals surface area contributed by atoms with Crippen molar-refractivity contribution in [1.82, 2.24) is 0 Å². The standard InChI is InChI=1S/C11H20OS/c1-2-8-12-10-11-7-5-3-4-6-9-13-11/h2,8,11H,3-7,9-10H2,1H3/b8-2+. The van der Waals surface area contributed by atoms with E-state index in [2.05, 4.69) is 11.8 Å². The van der Waals surface area contributed by atoms with Gasteiger partial charge in [0, 0.05) is 5.25 Å². The fourth-order valence-corrected chi connectivity index (χ4v) is 2.76. The molecule has 0 saturated carbocycles. The van der Waals surface area contributed by atoms with Gasteiger partial charge in [0.25, 0.3) is 0 Å². The Hall–Kier alpha value is -0.110. The normalized spacial score (nSPS) is 25.5. The molecule has 0 aliphatic carbocycles. The zero-order valence-corrected chi connectivity index (χ0v) is 9.31. The summed E-state index contributed by atoms with van der Waals surface area (Å²) in [6, 6.07) is 0. The highest BCUT2D eigenvalue weighted by Crippen LogP contribution is 2.23. The Kier molecular flexibility index (Phi) is 6.17. The van der Waals surface area contributed by atoms with Crippen LogP contribution in [0.4, 0.5) is 0 Å². The summed E-state index contributed by atoms with van der Waals surface area (Å²) in [5.74, 6) is 1.32. The first-order valence-electron chi connectivity index (χ1n) is 5.28. The highest BCUT2D eigenvalue weighted by atomic mass is 32.2. The number of hydrogen-bond acceptors (Lipinski definition) is 2. The summed E-state index contributed by atoms with van der Waals surface area (Å²) in [7, 11) is 0. The van der Waals surface area contributed by atoms with Crippen molar-refractivity contribution >= 4 is 11.8 Å². The SMILES string of the molecule is C/C=C/OCC1CCCCCCS1. The van der Waals surface area contributed by atoms with E-state index in [1.807, 2.05) is 13.0 Å². The lowest BCUT2D eigenvalue weighted by atomic mass is 10.1. The molecular formula is C11H20OS. The van der Waals surface area contributed by atoms with E-state index in [0.29, 0.717) is 0 Å². The van der Waals surface area contributed by atoms with Gasteiger partial charge in [0.1, 0.15) is 0 Å². The number of thioether (sulfide) groups is 1. The summed E-state index contributed by atoms with van der Waals surface area (Å²) in [4.78, 5) is 0. The molecule has 0 bridgehead atoms. The Morgan fingerprint density at radius 1 is 1.31 bits per heavy atom. The largest absolute Gasteiger partial charge is 0.500 e. The van der Waals surface area contributed by atoms with Crippen molar-refractivity contribution in [3.05, 3.63) is 12.3 Å². The zero-order chi connectivity index (χ0) is 9.36. The summed E-state index contributed by atoms with van der Waals surface area (Å²) in [6.07, 6.45) is 10.7. The quantitative estimate of drug-likeness (QED) is 0.644. The van der Waals surface area contributed by atoms with Gasteiger partial charge in [-0.2, -0.15) is 11.8 Å². The first kappa shape index (κ1) is 11.0. The summed E-state index contributed by atoms with van der Waals surface area (Å²) < 4.78 is 5.42. The van der Waals surface area contributed by atoms with Gasteiger partial charge in [0.15, 0.2) is 0 Å². The molecule has 1 fully saturated rings. The Morgan fingerprint density at radius 2 is 2.15 bits per heavy atom. The summed E-state index contributed by atoms with van der Waals surface area (Å²) in [5.41, 5.74) is 0. The van der Waals surface area contributed by atoms with Crippen LogP contribution in [0.2, 0.25) is 0 Å². The van der Waals surface area contributed by atoms with Crippen LogP contribution >= 0.6 is 11.8 Å². The predicted octanol–water partition coefficient (Wildman–Crippen LogP) is 3.60. The lowest BCUT2D eigenvalue weighted by Gasteiger charge is -2.18. The second-order valence-corrected chi connectivity index (χ2v) is 4.91. The van der Waals surface area contributed by atoms with Gasteiger partial charge in [-0.05, 0) is 25.5 Å². The van der Waals surface area contributed by atoms with E-state index in [4.69, 9.17) is 4.74 Å². The van der Waals surface area contributed by atoms with Crippen LogP contribution in [0.3, 0.4) is 0 Å². The Bertz CT molecular complexity index is 137. The predicted molar refractivity (Wildman–Crippen MR) is 60.1 cm³/mol. The maximum Gasteiger partial charge on any atom is 0.0991 e. The lowest BCUT2D eigenvalue weighted by molar-refractivity contribution is 0.244. The molecular weight excluding hydrogens is 180 g/mol. The van der Waals surface area contributed by atoms with Crippen LogP contribution in [0, 0.1) is 0 Å². The number of allylic oxidation sites excluding steroid dienone is 1. The van der Waals surface area contributed by atoms with Crippen molar-refractivity contribution in [1.29, 1.82) is 0 Å². The average molecular weight is 200 g/mol. The summed E-state index contributed by atoms with van der Waals surface area (Å²) >= 11 is 2.09. The number of ether oxygens (including phenoxy) is 1. The van der Waals surface area contributed by atoms with Gasteiger partial charge in [0.05, 0.1) is 12.9 Å². The highest BCUT2D eigenvalue weighted by molar-refractivity contribution is 7.99. The third kappa shape index (κ3) is 5.25. The number of rotatable bonds is 3. The van der Waals surface area contributed by atoms with Gasteiger partial charge in [-0.3, -0.25) is 0 Å². The summed E-state index contributed by atoms with van der Waals surface area (Å²) in [5, 5.41) is 0.733. The van der Waals surface area contributed by atoms with Crippen molar-refractivity contribution in [2.24, 2.45) is 0 Å². The third-order valence-corrected chi connectivity index (χ3v) is 3.66. The Balaban J connectivity index is 2.13. The van der Waals surface area contributed by atoms with Gasteiger partial charge in [0.2, 0.25) is 0 Å². The fourth-order valence-electron chi connectivity index (χ4n) is 1.55. The van der Waals surface area contributed by atoms with Crippen LogP contribution in [0.15, 0.2) is 12.3 Å². The van der Waals surface area contributed by atoms with E-state index in [9.17, 15) is 0 Å². The average Bonchev–Trinajstić information content (AvgIpc) is 2.08. The fraction of sp³-hybridized carbons (Fsp3) is 0.818. The van der Waals surface area contributed by atoms with Crippen LogP contribution in [-0.2, 0) is 4.74 Å². The molecule has 1 saturated heterocycles. The topological polar surface area (TPSA) is 9.23 Å². The van der Waals surface area contributed by atoms with Crippen molar-refractivity contribution in [2.75, 3.05) is 12.4 Å². The monoisotopic (exact) mass is 200 g/mol. The molecule has 0 aromatic heterocycles. The molecule has 0 aromatic carbocycles. The van der Waals surface area contributed by atoms with Crippen molar-refractivity contribution in [2.45, 2.75) is 44.3 Å². The van der Waals surface area contributed by atoms with Gasteiger partial charge in [-0.1, -0.05) is 25.3 Å². The number of hydrogen-bond donors (Lipinski definition) is 0. The second-order valence-electron chi connectivity index (χ2n) is 3.50. The maximum atomic E-state index is 5.42. The Labute approximate surface area is 85.9 Å². The van der Waals surface area contributed by atoms with E-state index in [0.717, 1.165) is 11.9 Å². The van der Waals surface area contributed by atoms with E-state index in [1.54, 1.807) is 6.26 Å². The molecule has 1 rings (SSSR count).